The molecule has 0 aliphatic rings. The Labute approximate surface area is 160 Å². The highest BCUT2D eigenvalue weighted by Crippen LogP contribution is 2.13. The van der Waals surface area contributed by atoms with Crippen LogP contribution in [0.4, 0.5) is 0 Å². The van der Waals surface area contributed by atoms with Crippen molar-refractivity contribution in [3.63, 3.8) is 0 Å². The minimum absolute atomic E-state index is 0.0418. The van der Waals surface area contributed by atoms with Gasteiger partial charge in [-0.15, -0.1) is 0 Å². The predicted octanol–water partition coefficient (Wildman–Crippen LogP) is 1.96. The van der Waals surface area contributed by atoms with E-state index >= 15 is 0 Å². The third kappa shape index (κ3) is 4.08. The molecule has 0 bridgehead atoms. The van der Waals surface area contributed by atoms with E-state index in [1.807, 2.05) is 0 Å². The van der Waals surface area contributed by atoms with E-state index in [-0.39, 0.29) is 16.9 Å². The average molecular weight is 383 g/mol. The normalized spacial score (nSPS) is 10.8. The second-order valence-electron chi connectivity index (χ2n) is 6.36. The number of rotatable bonds is 6. The highest BCUT2D eigenvalue weighted by Gasteiger charge is 2.18. The standard InChI is InChI=1S/C19H21N5O4/c1-3-4-7-10-24-19(27)14-9-6-5-8-13(14)16(22-24)18(26)21-20-17(25)15-11-12(2)28-23-15/h5-6,8-9,11H,3-4,7,10H2,1-2H3,(H,20,25)(H,21,26). The Bertz CT molecular complexity index is 1070. The zero-order valence-electron chi connectivity index (χ0n) is 15.7. The van der Waals surface area contributed by atoms with Gasteiger partial charge in [-0.25, -0.2) is 4.68 Å². The number of aryl methyl sites for hydroxylation is 2. The molecule has 0 aliphatic carbocycles. The molecule has 146 valence electrons. The predicted molar refractivity (Wildman–Crippen MR) is 102 cm³/mol. The minimum Gasteiger partial charge on any atom is -0.361 e. The van der Waals surface area contributed by atoms with E-state index in [1.54, 1.807) is 31.2 Å². The second kappa shape index (κ2) is 8.47. The SMILES string of the molecule is CCCCCn1nc(C(=O)NNC(=O)c2cc(C)on2)c2ccccc2c1=O. The van der Waals surface area contributed by atoms with Crippen LogP contribution in [-0.4, -0.2) is 26.8 Å². The van der Waals surface area contributed by atoms with Gasteiger partial charge in [0.05, 0.1) is 5.39 Å². The lowest BCUT2D eigenvalue weighted by molar-refractivity contribution is 0.0838. The van der Waals surface area contributed by atoms with Crippen LogP contribution >= 0.6 is 0 Å². The molecule has 9 nitrogen and oxygen atoms in total. The third-order valence-electron chi connectivity index (χ3n) is 4.21. The Morgan fingerprint density at radius 3 is 2.50 bits per heavy atom. The Morgan fingerprint density at radius 1 is 1.11 bits per heavy atom. The number of carbonyl (C=O) groups is 2. The first-order valence-electron chi connectivity index (χ1n) is 9.05. The Morgan fingerprint density at radius 2 is 1.82 bits per heavy atom. The summed E-state index contributed by atoms with van der Waals surface area (Å²) in [6, 6.07) is 8.21. The van der Waals surface area contributed by atoms with Crippen molar-refractivity contribution in [3.05, 3.63) is 57.8 Å². The molecule has 2 N–H and O–H groups in total. The molecule has 0 aliphatic heterocycles. The van der Waals surface area contributed by atoms with Crippen molar-refractivity contribution in [2.45, 2.75) is 39.7 Å². The lowest BCUT2D eigenvalue weighted by atomic mass is 10.1. The zero-order valence-corrected chi connectivity index (χ0v) is 15.7. The highest BCUT2D eigenvalue weighted by molar-refractivity contribution is 6.05. The maximum absolute atomic E-state index is 12.6. The molecule has 3 aromatic rings. The number of aromatic nitrogens is 3. The van der Waals surface area contributed by atoms with Crippen molar-refractivity contribution >= 4 is 22.6 Å². The molecule has 28 heavy (non-hydrogen) atoms. The summed E-state index contributed by atoms with van der Waals surface area (Å²) in [5, 5.41) is 8.64. The molecule has 9 heteroatoms. The monoisotopic (exact) mass is 383 g/mol. The maximum atomic E-state index is 12.6. The maximum Gasteiger partial charge on any atom is 0.291 e. The van der Waals surface area contributed by atoms with Crippen molar-refractivity contribution in [2.75, 3.05) is 0 Å². The van der Waals surface area contributed by atoms with E-state index in [1.165, 1.54) is 10.7 Å². The van der Waals surface area contributed by atoms with Gasteiger partial charge in [0.1, 0.15) is 5.76 Å². The first-order chi connectivity index (χ1) is 13.5. The van der Waals surface area contributed by atoms with Gasteiger partial charge in [0.2, 0.25) is 0 Å². The van der Waals surface area contributed by atoms with Gasteiger partial charge in [-0.05, 0) is 19.4 Å². The molecule has 2 aromatic heterocycles. The number of nitrogens with zero attached hydrogens (tertiary/aromatic N) is 3. The van der Waals surface area contributed by atoms with Crippen LogP contribution in [0.3, 0.4) is 0 Å². The summed E-state index contributed by atoms with van der Waals surface area (Å²) in [6.07, 6.45) is 2.74. The smallest absolute Gasteiger partial charge is 0.291 e. The minimum atomic E-state index is -0.631. The third-order valence-corrected chi connectivity index (χ3v) is 4.21. The number of fused-ring (bicyclic) bond motifs is 1. The van der Waals surface area contributed by atoms with Gasteiger partial charge in [0.15, 0.2) is 11.4 Å². The number of hydrogen-bond acceptors (Lipinski definition) is 6. The number of benzene rings is 1. The highest BCUT2D eigenvalue weighted by atomic mass is 16.5. The fourth-order valence-corrected chi connectivity index (χ4v) is 2.78. The Kier molecular flexibility index (Phi) is 5.83. The van der Waals surface area contributed by atoms with E-state index < -0.39 is 11.8 Å². The molecule has 2 amide bonds. The first-order valence-corrected chi connectivity index (χ1v) is 9.05. The van der Waals surface area contributed by atoms with Gasteiger partial charge in [0.25, 0.3) is 17.4 Å². The summed E-state index contributed by atoms with van der Waals surface area (Å²) in [7, 11) is 0. The summed E-state index contributed by atoms with van der Waals surface area (Å²) >= 11 is 0. The fraction of sp³-hybridized carbons (Fsp3) is 0.316. The van der Waals surface area contributed by atoms with E-state index in [9.17, 15) is 14.4 Å². The number of unbranched alkanes of at least 4 members (excludes halogenated alkanes) is 2. The molecule has 0 atom stereocenters. The molecule has 3 rings (SSSR count). The van der Waals surface area contributed by atoms with Gasteiger partial charge in [-0.1, -0.05) is 43.1 Å². The zero-order chi connectivity index (χ0) is 20.1. The molecule has 0 fully saturated rings. The molecule has 1 aromatic carbocycles. The second-order valence-corrected chi connectivity index (χ2v) is 6.36. The summed E-state index contributed by atoms with van der Waals surface area (Å²) < 4.78 is 6.14. The van der Waals surface area contributed by atoms with Crippen molar-refractivity contribution in [1.82, 2.24) is 25.8 Å². The van der Waals surface area contributed by atoms with Crippen LogP contribution in [0.2, 0.25) is 0 Å². The molecular weight excluding hydrogens is 362 g/mol. The van der Waals surface area contributed by atoms with Crippen molar-refractivity contribution < 1.29 is 14.1 Å². The van der Waals surface area contributed by atoms with Crippen LogP contribution in [0, 0.1) is 6.92 Å². The first kappa shape index (κ1) is 19.3. The molecule has 2 heterocycles. The molecule has 0 radical (unpaired) electrons. The van der Waals surface area contributed by atoms with E-state index in [2.05, 4.69) is 28.0 Å². The molecular formula is C19H21N5O4. The van der Waals surface area contributed by atoms with E-state index in [4.69, 9.17) is 4.52 Å². The number of nitrogens with one attached hydrogen (secondary N) is 2. The molecule has 0 spiro atoms. The van der Waals surface area contributed by atoms with Gasteiger partial charge >= 0.3 is 0 Å². The largest absolute Gasteiger partial charge is 0.361 e. The van der Waals surface area contributed by atoms with Crippen LogP contribution in [0.25, 0.3) is 10.8 Å². The number of hydrazine groups is 1. The van der Waals surface area contributed by atoms with Gasteiger partial charge in [0, 0.05) is 18.0 Å². The summed E-state index contributed by atoms with van der Waals surface area (Å²) in [6.45, 7) is 4.14. The van der Waals surface area contributed by atoms with E-state index in [0.717, 1.165) is 19.3 Å². The van der Waals surface area contributed by atoms with Crippen LogP contribution in [0.5, 0.6) is 0 Å². The Hall–Kier alpha value is -3.49. The molecule has 0 unspecified atom stereocenters. The van der Waals surface area contributed by atoms with Crippen LogP contribution in [-0.2, 0) is 6.54 Å². The van der Waals surface area contributed by atoms with Crippen LogP contribution < -0.4 is 16.4 Å². The number of amides is 2. The van der Waals surface area contributed by atoms with Crippen molar-refractivity contribution in [1.29, 1.82) is 0 Å². The fourth-order valence-electron chi connectivity index (χ4n) is 2.78. The van der Waals surface area contributed by atoms with Crippen LogP contribution in [0.1, 0.15) is 52.9 Å². The Balaban J connectivity index is 1.85. The van der Waals surface area contributed by atoms with E-state index in [0.29, 0.717) is 23.1 Å². The van der Waals surface area contributed by atoms with Gasteiger partial charge < -0.3 is 4.52 Å². The summed E-state index contributed by atoms with van der Waals surface area (Å²) in [5.41, 5.74) is 4.44. The van der Waals surface area contributed by atoms with Crippen molar-refractivity contribution in [2.24, 2.45) is 0 Å². The quantitative estimate of drug-likeness (QED) is 0.496. The number of carbonyl (C=O) groups excluding carboxylic acids is 2. The summed E-state index contributed by atoms with van der Waals surface area (Å²) in [4.78, 5) is 37.3. The number of hydrogen-bond donors (Lipinski definition) is 2. The summed E-state index contributed by atoms with van der Waals surface area (Å²) in [5.74, 6) is -0.775. The average Bonchev–Trinajstić information content (AvgIpc) is 3.14. The lowest BCUT2D eigenvalue weighted by Crippen LogP contribution is -2.43. The lowest BCUT2D eigenvalue weighted by Gasteiger charge is -2.11. The molecule has 0 saturated carbocycles. The van der Waals surface area contributed by atoms with Gasteiger partial charge in [-0.2, -0.15) is 5.10 Å². The topological polar surface area (TPSA) is 119 Å². The molecule has 0 saturated heterocycles. The van der Waals surface area contributed by atoms with Crippen LogP contribution in [0.15, 0.2) is 39.6 Å². The van der Waals surface area contributed by atoms with Crippen molar-refractivity contribution in [3.8, 4) is 0 Å². The van der Waals surface area contributed by atoms with Gasteiger partial charge in [-0.3, -0.25) is 25.2 Å².